The number of hydrogen-bond donors (Lipinski definition) is 0. The van der Waals surface area contributed by atoms with Crippen molar-refractivity contribution in [2.45, 2.75) is 114 Å². The van der Waals surface area contributed by atoms with Crippen LogP contribution in [0, 0.1) is 12.8 Å². The Morgan fingerprint density at radius 2 is 0.654 bits per heavy atom. The van der Waals surface area contributed by atoms with E-state index in [9.17, 15) is 38.4 Å². The second kappa shape index (κ2) is 31.4. The van der Waals surface area contributed by atoms with E-state index in [0.717, 1.165) is 181 Å². The molecule has 6 aromatic rings. The van der Waals surface area contributed by atoms with Crippen LogP contribution in [0.15, 0.2) is 184 Å². The van der Waals surface area contributed by atoms with Gasteiger partial charge in [-0.05, 0) is 36.9 Å². The molecule has 107 heavy (non-hydrogen) atoms. The fourth-order valence-electron chi connectivity index (χ4n) is 16.1. The molecule has 0 saturated carbocycles. The Morgan fingerprint density at radius 3 is 0.972 bits per heavy atom. The van der Waals surface area contributed by atoms with Crippen LogP contribution in [0.25, 0.3) is 23.0 Å². The lowest BCUT2D eigenvalue weighted by Gasteiger charge is -2.45. The van der Waals surface area contributed by atoms with Crippen LogP contribution in [-0.2, 0) is 51.2 Å². The maximum Gasteiger partial charge on any atom is 0.243 e. The lowest BCUT2D eigenvalue weighted by Crippen LogP contribution is -2.49. The lowest BCUT2D eigenvalue weighted by atomic mass is 9.90. The van der Waals surface area contributed by atoms with Gasteiger partial charge in [-0.2, -0.15) is 0 Å². The molecule has 8 heterocycles. The molecule has 4 aliphatic carbocycles. The number of rotatable bonds is 9. The molecule has 8 aliphatic heterocycles. The monoisotopic (exact) mass is 1510 g/mol. The number of piperidine rings is 4. The van der Waals surface area contributed by atoms with Crippen molar-refractivity contribution in [1.29, 1.82) is 0 Å². The molecule has 4 spiro atoms. The number of ether oxygens (including phenoxy) is 4. The summed E-state index contributed by atoms with van der Waals surface area (Å²) >= 11 is 6.00. The van der Waals surface area contributed by atoms with Gasteiger partial charge in [0.15, 0.2) is 0 Å². The average molecular weight is 1510 g/mol. The molecule has 0 aromatic heterocycles. The lowest BCUT2D eigenvalue weighted by molar-refractivity contribution is -0.112. The minimum Gasteiger partial charge on any atom is -0.484 e. The first-order valence-corrected chi connectivity index (χ1v) is 41.3. The summed E-state index contributed by atoms with van der Waals surface area (Å²) in [5.41, 5.74) is 7.91. The largest absolute Gasteiger partial charge is 0.484 e. The van der Waals surface area contributed by atoms with Crippen LogP contribution < -0.4 is 0 Å². The quantitative estimate of drug-likeness (QED) is 0.0981. The zero-order chi connectivity index (χ0) is 74.2. The molecular formula is C87H88N4O12S4. The third kappa shape index (κ3) is 15.4. The van der Waals surface area contributed by atoms with E-state index in [1.165, 1.54) is 70.2 Å². The highest BCUT2D eigenvalue weighted by atomic mass is 32.2. The topological polar surface area (TPSA) is 186 Å². The first-order valence-electron chi connectivity index (χ1n) is 37.4. The Morgan fingerprint density at radius 1 is 0.364 bits per heavy atom. The number of hydrogen-bond acceptors (Lipinski definition) is 20. The molecule has 18 rings (SSSR count). The fraction of sp³-hybridized carbons (Fsp3) is 0.379. The summed E-state index contributed by atoms with van der Waals surface area (Å²) in [4.78, 5) is 111. The van der Waals surface area contributed by atoms with Crippen molar-refractivity contribution in [2.75, 3.05) is 88.5 Å². The predicted molar refractivity (Wildman–Crippen MR) is 424 cm³/mol. The maximum absolute atomic E-state index is 12.6. The molecule has 20 heteroatoms. The number of likely N-dealkylation sites (tertiary alicyclic amines) is 4. The Kier molecular flexibility index (Phi) is 21.8. The van der Waals surface area contributed by atoms with Crippen LogP contribution in [0.1, 0.15) is 152 Å². The second-order valence-electron chi connectivity index (χ2n) is 30.4. The Labute approximate surface area is 642 Å². The second-order valence-corrected chi connectivity index (χ2v) is 34.3. The van der Waals surface area contributed by atoms with E-state index in [1.54, 1.807) is 48.5 Å². The van der Waals surface area contributed by atoms with Gasteiger partial charge in [-0.15, -0.1) is 53.6 Å². The maximum atomic E-state index is 12.6. The number of fused-ring (bicyclic) bond motifs is 8. The molecular weight excluding hydrogens is 1420 g/mol. The zero-order valence-electron chi connectivity index (χ0n) is 60.8. The van der Waals surface area contributed by atoms with E-state index in [1.807, 2.05) is 60.7 Å². The minimum absolute atomic E-state index is 0.217. The van der Waals surface area contributed by atoms with Gasteiger partial charge < -0.3 is 23.8 Å². The first-order chi connectivity index (χ1) is 51.8. The summed E-state index contributed by atoms with van der Waals surface area (Å²) in [6, 6.07) is 48.4. The van der Waals surface area contributed by atoms with Crippen LogP contribution in [-0.4, -0.2) is 177 Å². The smallest absolute Gasteiger partial charge is 0.243 e. The molecule has 552 valence electrons. The van der Waals surface area contributed by atoms with E-state index in [-0.39, 0.29) is 22.4 Å². The molecule has 0 unspecified atom stereocenters. The molecule has 6 aromatic carbocycles. The van der Waals surface area contributed by atoms with E-state index in [0.29, 0.717) is 64.9 Å². The number of Topliss-reactive ketones (excluding diaryl/α,β-unsaturated/α-hetero) is 8. The molecule has 0 N–H and O–H groups in total. The molecule has 4 fully saturated rings. The number of thioether (sulfide) groups is 4. The van der Waals surface area contributed by atoms with Crippen molar-refractivity contribution < 1.29 is 57.3 Å². The predicted octanol–water partition coefficient (Wildman–Crippen LogP) is 14.8. The third-order valence-corrected chi connectivity index (χ3v) is 27.9. The Balaban J connectivity index is 0.000000114. The van der Waals surface area contributed by atoms with Crippen LogP contribution >= 0.6 is 47.0 Å². The highest BCUT2D eigenvalue weighted by Crippen LogP contribution is 2.52. The minimum atomic E-state index is -0.423. The summed E-state index contributed by atoms with van der Waals surface area (Å²) in [5, 5.41) is 0. The van der Waals surface area contributed by atoms with E-state index in [4.69, 9.17) is 18.9 Å². The van der Waals surface area contributed by atoms with E-state index >= 15 is 0 Å². The average Bonchev–Trinajstić information content (AvgIpc) is 0.762. The van der Waals surface area contributed by atoms with Gasteiger partial charge in [0, 0.05) is 191 Å². The van der Waals surface area contributed by atoms with E-state index < -0.39 is 46.3 Å². The molecule has 0 radical (unpaired) electrons. The first kappa shape index (κ1) is 74.3. The van der Waals surface area contributed by atoms with Gasteiger partial charge in [0.25, 0.3) is 0 Å². The summed E-state index contributed by atoms with van der Waals surface area (Å²) in [6.45, 7) is 22.2. The number of aryl methyl sites for hydroxylation is 1. The number of benzene rings is 6. The summed E-state index contributed by atoms with van der Waals surface area (Å²) < 4.78 is 26.0. The van der Waals surface area contributed by atoms with E-state index in [2.05, 4.69) is 95.5 Å². The standard InChI is InChI=1S/C24H23NO3S.C23H21NO3S.C21H25NO3S.C19H19NO3S/c1-16-5-4-6-17(13-16)14-25-11-9-24(10-12-25)15-29-23-21(27)20(26)18-7-2-3-8-19(18)22(23)28-24;25-19-17-8-4-5-9-18(17)21-22(20(19)26)28-15-23(27-21)10-12-24(13-11-23)14-16-6-2-1-3-7-16;1-14(2)7-10-22-11-8-21(9-12-22)13-26-20-18(24)17(23)15-5-3-4-6-16(15)19(20)25-21;1-2-9-20-10-7-19(8-11-20)12-24-18-16(22)15(21)13-5-3-4-6-14(13)17(18)23-19/h2-8,13H,9-12,14-15H2,1H3;1-9H,10-15H2;3-6,14H,7-13H2,1-2H3;2-6H,1,7-12H2. The number of nitrogens with zero attached hydrogens (tertiary/aromatic N) is 4. The molecule has 16 nitrogen and oxygen atoms in total. The van der Waals surface area contributed by atoms with Gasteiger partial charge in [0.05, 0.1) is 0 Å². The molecule has 0 amide bonds. The summed E-state index contributed by atoms with van der Waals surface area (Å²) in [7, 11) is 0. The number of carbonyl (C=O) groups excluding carboxylic acids is 8. The SMILES string of the molecule is C=CCN1CCC2(CC1)CSC1=C(O2)c2ccccc2C(=O)C1=O.CC(C)CCN1CCC2(CC1)CSC1=C(O2)c2ccccc2C(=O)C1=O.Cc1cccc(CN2CCC3(CC2)CSC2=C(O3)c3ccccc3C(=O)C2=O)c1.O=C1C(=O)c2ccccc2C2=C1SCC1(CCN(Cc3ccccc3)CC1)O2. The van der Waals surface area contributed by atoms with Crippen LogP contribution in [0.4, 0.5) is 0 Å². The highest BCUT2D eigenvalue weighted by molar-refractivity contribution is 8.05. The molecule has 4 saturated heterocycles. The molecule has 0 atom stereocenters. The van der Waals surface area contributed by atoms with Gasteiger partial charge >= 0.3 is 0 Å². The molecule has 0 bridgehead atoms. The number of allylic oxidation sites excluding steroid dienone is 4. The Bertz CT molecular complexity index is 4720. The van der Waals surface area contributed by atoms with Crippen LogP contribution in [0.2, 0.25) is 0 Å². The van der Waals surface area contributed by atoms with Crippen LogP contribution in [0.3, 0.4) is 0 Å². The van der Waals surface area contributed by atoms with Gasteiger partial charge in [0.1, 0.15) is 65.1 Å². The van der Waals surface area contributed by atoms with Crippen molar-refractivity contribution in [2.24, 2.45) is 5.92 Å². The zero-order valence-corrected chi connectivity index (χ0v) is 64.1. The summed E-state index contributed by atoms with van der Waals surface area (Å²) in [5.74, 6) is 2.82. The van der Waals surface area contributed by atoms with Gasteiger partial charge in [0.2, 0.25) is 46.3 Å². The Hall–Kier alpha value is -8.18. The fourth-order valence-corrected chi connectivity index (χ4v) is 21.2. The van der Waals surface area contributed by atoms with Crippen molar-refractivity contribution in [3.8, 4) is 0 Å². The normalized spacial score (nSPS) is 21.8. The van der Waals surface area contributed by atoms with Gasteiger partial charge in [-0.25, -0.2) is 0 Å². The number of ketones is 8. The highest BCUT2D eigenvalue weighted by Gasteiger charge is 2.51. The van der Waals surface area contributed by atoms with Crippen molar-refractivity contribution >= 4 is 116 Å². The van der Waals surface area contributed by atoms with Crippen molar-refractivity contribution in [1.82, 2.24) is 19.6 Å². The third-order valence-electron chi connectivity index (χ3n) is 22.5. The summed E-state index contributed by atoms with van der Waals surface area (Å²) in [6.07, 6.45) is 10.6. The molecule has 12 aliphatic rings. The van der Waals surface area contributed by atoms with Crippen LogP contribution in [0.5, 0.6) is 0 Å². The van der Waals surface area contributed by atoms with Gasteiger partial charge in [-0.1, -0.05) is 177 Å². The van der Waals surface area contributed by atoms with Crippen molar-refractivity contribution in [3.63, 3.8) is 0 Å². The number of carbonyl (C=O) groups is 8. The van der Waals surface area contributed by atoms with Gasteiger partial charge in [-0.3, -0.25) is 53.1 Å². The van der Waals surface area contributed by atoms with Crippen molar-refractivity contribution in [3.05, 3.63) is 245 Å².